The van der Waals surface area contributed by atoms with Crippen molar-refractivity contribution in [2.24, 2.45) is 0 Å². The van der Waals surface area contributed by atoms with Crippen molar-refractivity contribution in [2.75, 3.05) is 10.7 Å². The van der Waals surface area contributed by atoms with Crippen LogP contribution in [0.15, 0.2) is 0 Å². The van der Waals surface area contributed by atoms with Crippen LogP contribution in [0.3, 0.4) is 0 Å². The van der Waals surface area contributed by atoms with Crippen LogP contribution in [0.25, 0.3) is 0 Å². The zero-order valence-corrected chi connectivity index (χ0v) is 14.6. The molecule has 0 radical (unpaired) electrons. The first kappa shape index (κ1) is 19.6. The average molecular weight is 412 g/mol. The first-order valence-electron chi connectivity index (χ1n) is 6.68. The number of Topliss-reactive ketones (excluding diaryl/α,β-unsaturated/α-hetero) is 4. The molecule has 0 N–H and O–H groups in total. The highest BCUT2D eigenvalue weighted by Gasteiger charge is 2.11. The van der Waals surface area contributed by atoms with Crippen LogP contribution in [0, 0.1) is 0 Å². The van der Waals surface area contributed by atoms with Crippen LogP contribution in [0.1, 0.15) is 51.4 Å². The van der Waals surface area contributed by atoms with E-state index in [-0.39, 0.29) is 61.7 Å². The van der Waals surface area contributed by atoms with E-state index in [4.69, 9.17) is 0 Å². The molecule has 0 aliphatic carbocycles. The van der Waals surface area contributed by atoms with Crippen LogP contribution in [0.5, 0.6) is 0 Å². The van der Waals surface area contributed by atoms with Crippen molar-refractivity contribution in [3.05, 3.63) is 0 Å². The largest absolute Gasteiger partial charge is 0.300 e. The highest BCUT2D eigenvalue weighted by Crippen LogP contribution is 2.06. The summed E-state index contributed by atoms with van der Waals surface area (Å²) in [5.74, 6) is -0.00930. The van der Waals surface area contributed by atoms with Crippen LogP contribution in [0.2, 0.25) is 0 Å². The molecule has 0 amide bonds. The number of halogens is 2. The summed E-state index contributed by atoms with van der Waals surface area (Å²) in [7, 11) is 0. The number of carbonyl (C=O) groups is 4. The average Bonchev–Trinajstić information content (AvgIpc) is 2.41. The van der Waals surface area contributed by atoms with Gasteiger partial charge in [0.25, 0.3) is 0 Å². The van der Waals surface area contributed by atoms with Crippen LogP contribution in [-0.2, 0) is 19.2 Å². The molecule has 0 spiro atoms. The molecule has 114 valence electrons. The maximum absolute atomic E-state index is 11.5. The molecule has 0 aromatic heterocycles. The second-order valence-corrected chi connectivity index (χ2v) is 6.12. The molecule has 0 saturated heterocycles. The van der Waals surface area contributed by atoms with E-state index in [0.29, 0.717) is 23.5 Å². The van der Waals surface area contributed by atoms with Crippen LogP contribution >= 0.6 is 31.9 Å². The Bertz CT molecular complexity index is 319. The molecular formula is C14H20Br2O4. The second-order valence-electron chi connectivity index (χ2n) is 4.53. The minimum absolute atomic E-state index is 0.0573. The van der Waals surface area contributed by atoms with E-state index in [1.807, 2.05) is 0 Å². The minimum Gasteiger partial charge on any atom is -0.300 e. The van der Waals surface area contributed by atoms with Crippen molar-refractivity contribution in [1.29, 1.82) is 0 Å². The third-order valence-corrected chi connectivity index (χ3v) is 3.59. The summed E-state index contributed by atoms with van der Waals surface area (Å²) in [5.41, 5.74) is 0. The molecule has 0 fully saturated rings. The monoisotopic (exact) mass is 410 g/mol. The molecule has 0 aliphatic heterocycles. The number of ketones is 4. The Morgan fingerprint density at radius 3 is 0.850 bits per heavy atom. The van der Waals surface area contributed by atoms with Gasteiger partial charge in [0.2, 0.25) is 0 Å². The Morgan fingerprint density at radius 2 is 0.650 bits per heavy atom. The van der Waals surface area contributed by atoms with Gasteiger partial charge < -0.3 is 0 Å². The van der Waals surface area contributed by atoms with Crippen molar-refractivity contribution < 1.29 is 19.2 Å². The Morgan fingerprint density at radius 1 is 0.450 bits per heavy atom. The zero-order chi connectivity index (χ0) is 15.4. The third-order valence-electron chi connectivity index (χ3n) is 2.79. The van der Waals surface area contributed by atoms with Gasteiger partial charge in [-0.25, -0.2) is 0 Å². The van der Waals surface area contributed by atoms with Crippen molar-refractivity contribution >= 4 is 55.0 Å². The van der Waals surface area contributed by atoms with Crippen molar-refractivity contribution in [2.45, 2.75) is 51.4 Å². The molecule has 0 rings (SSSR count). The molecule has 0 heterocycles. The lowest BCUT2D eigenvalue weighted by Gasteiger charge is -2.01. The van der Waals surface area contributed by atoms with Crippen molar-refractivity contribution in [3.8, 4) is 0 Å². The predicted molar refractivity (Wildman–Crippen MR) is 84.6 cm³/mol. The van der Waals surface area contributed by atoms with E-state index in [0.717, 1.165) is 0 Å². The van der Waals surface area contributed by atoms with Crippen LogP contribution in [0.4, 0.5) is 0 Å². The Labute approximate surface area is 136 Å². The fraction of sp³-hybridized carbons (Fsp3) is 0.714. The maximum atomic E-state index is 11.5. The molecule has 4 nitrogen and oxygen atoms in total. The molecule has 20 heavy (non-hydrogen) atoms. The highest BCUT2D eigenvalue weighted by molar-refractivity contribution is 9.09. The summed E-state index contributed by atoms with van der Waals surface area (Å²) in [5, 5.41) is 1.22. The third kappa shape index (κ3) is 11.5. The van der Waals surface area contributed by atoms with Gasteiger partial charge in [0, 0.05) is 62.0 Å². The van der Waals surface area contributed by atoms with E-state index in [2.05, 4.69) is 31.9 Å². The number of rotatable bonds is 13. The molecule has 0 atom stereocenters. The molecule has 0 bridgehead atoms. The number of hydrogen-bond donors (Lipinski definition) is 0. The van der Waals surface area contributed by atoms with Gasteiger partial charge in [-0.15, -0.1) is 0 Å². The molecule has 0 unspecified atom stereocenters. The van der Waals surface area contributed by atoms with Crippen LogP contribution in [-0.4, -0.2) is 33.8 Å². The van der Waals surface area contributed by atoms with E-state index < -0.39 is 0 Å². The Balaban J connectivity index is 3.70. The van der Waals surface area contributed by atoms with Gasteiger partial charge >= 0.3 is 0 Å². The topological polar surface area (TPSA) is 68.3 Å². The van der Waals surface area contributed by atoms with Gasteiger partial charge in [-0.2, -0.15) is 0 Å². The predicted octanol–water partition coefficient (Wildman–Crippen LogP) is 3.17. The standard InChI is InChI=1S/C14H20Br2O4/c15-9-7-13(19)5-3-11(17)1-2-12(18)4-6-14(20)8-10-16/h1-10H2. The lowest BCUT2D eigenvalue weighted by Crippen LogP contribution is -2.09. The van der Waals surface area contributed by atoms with E-state index in [9.17, 15) is 19.2 Å². The van der Waals surface area contributed by atoms with E-state index >= 15 is 0 Å². The molecule has 0 saturated carbocycles. The van der Waals surface area contributed by atoms with E-state index in [1.165, 1.54) is 0 Å². The lowest BCUT2D eigenvalue weighted by molar-refractivity contribution is -0.126. The molecule has 0 aromatic carbocycles. The van der Waals surface area contributed by atoms with Crippen molar-refractivity contribution in [1.82, 2.24) is 0 Å². The fourth-order valence-corrected chi connectivity index (χ4v) is 2.43. The summed E-state index contributed by atoms with van der Waals surface area (Å²) >= 11 is 6.33. The van der Waals surface area contributed by atoms with Gasteiger partial charge in [0.15, 0.2) is 0 Å². The van der Waals surface area contributed by atoms with Gasteiger partial charge in [0.05, 0.1) is 0 Å². The number of carbonyl (C=O) groups excluding carboxylic acids is 4. The normalized spacial score (nSPS) is 10.3. The van der Waals surface area contributed by atoms with Gasteiger partial charge in [-0.05, 0) is 0 Å². The van der Waals surface area contributed by atoms with Gasteiger partial charge in [-0.1, -0.05) is 31.9 Å². The van der Waals surface area contributed by atoms with Gasteiger partial charge in [-0.3, -0.25) is 19.2 Å². The molecule has 6 heteroatoms. The van der Waals surface area contributed by atoms with Crippen molar-refractivity contribution in [3.63, 3.8) is 0 Å². The molecule has 0 aliphatic rings. The fourth-order valence-electron chi connectivity index (χ4n) is 1.55. The molecular weight excluding hydrogens is 392 g/mol. The van der Waals surface area contributed by atoms with E-state index in [1.54, 1.807) is 0 Å². The zero-order valence-electron chi connectivity index (χ0n) is 11.5. The summed E-state index contributed by atoms with van der Waals surface area (Å²) in [6.07, 6.45) is 2.14. The first-order valence-corrected chi connectivity index (χ1v) is 8.92. The summed E-state index contributed by atoms with van der Waals surface area (Å²) in [6.45, 7) is 0. The maximum Gasteiger partial charge on any atom is 0.134 e. The Hall–Kier alpha value is -0.360. The Kier molecular flexibility index (Phi) is 12.2. The highest BCUT2D eigenvalue weighted by atomic mass is 79.9. The van der Waals surface area contributed by atoms with Gasteiger partial charge in [0.1, 0.15) is 23.1 Å². The summed E-state index contributed by atoms with van der Waals surface area (Å²) in [6, 6.07) is 0. The number of alkyl halides is 2. The van der Waals surface area contributed by atoms with Crippen LogP contribution < -0.4 is 0 Å². The lowest BCUT2D eigenvalue weighted by atomic mass is 10.0. The molecule has 0 aromatic rings. The summed E-state index contributed by atoms with van der Waals surface area (Å²) < 4.78 is 0. The quantitative estimate of drug-likeness (QED) is 0.436. The summed E-state index contributed by atoms with van der Waals surface area (Å²) in [4.78, 5) is 45.5. The minimum atomic E-state index is -0.0620. The SMILES string of the molecule is O=C(CCBr)CCC(=O)CCC(=O)CCC(=O)CCBr. The smallest absolute Gasteiger partial charge is 0.134 e. The second kappa shape index (κ2) is 12.4. The number of hydrogen-bond acceptors (Lipinski definition) is 4. The first-order chi connectivity index (χ1) is 9.49.